The second-order valence-electron chi connectivity index (χ2n) is 5.85. The van der Waals surface area contributed by atoms with E-state index in [9.17, 15) is 22.8 Å². The lowest BCUT2D eigenvalue weighted by molar-refractivity contribution is -0.137. The molecule has 0 unspecified atom stereocenters. The molecule has 0 fully saturated rings. The number of benzene rings is 2. The van der Waals surface area contributed by atoms with Crippen LogP contribution in [0.15, 0.2) is 48.5 Å². The largest absolute Gasteiger partial charge is 0.416 e. The molecule has 0 aliphatic carbocycles. The Kier molecular flexibility index (Phi) is 6.02. The van der Waals surface area contributed by atoms with Crippen molar-refractivity contribution in [1.29, 1.82) is 0 Å². The van der Waals surface area contributed by atoms with E-state index in [1.807, 2.05) is 31.2 Å². The average Bonchev–Trinajstić information content (AvgIpc) is 2.58. The van der Waals surface area contributed by atoms with Gasteiger partial charge in [0.15, 0.2) is 0 Å². The van der Waals surface area contributed by atoms with Crippen molar-refractivity contribution in [2.24, 2.45) is 0 Å². The van der Waals surface area contributed by atoms with Crippen molar-refractivity contribution in [2.75, 3.05) is 11.4 Å². The van der Waals surface area contributed by atoms with E-state index < -0.39 is 23.6 Å². The first-order valence-corrected chi connectivity index (χ1v) is 7.95. The molecule has 2 aromatic carbocycles. The normalized spacial score (nSPS) is 11.1. The van der Waals surface area contributed by atoms with Crippen molar-refractivity contribution in [2.45, 2.75) is 26.6 Å². The van der Waals surface area contributed by atoms with E-state index in [1.54, 1.807) is 0 Å². The topological polar surface area (TPSA) is 49.4 Å². The number of nitrogens with zero attached hydrogens (tertiary/aromatic N) is 1. The first-order valence-electron chi connectivity index (χ1n) is 7.95. The maximum atomic E-state index is 12.6. The summed E-state index contributed by atoms with van der Waals surface area (Å²) in [6.07, 6.45) is -4.45. The predicted molar refractivity (Wildman–Crippen MR) is 92.5 cm³/mol. The van der Waals surface area contributed by atoms with E-state index in [4.69, 9.17) is 0 Å². The summed E-state index contributed by atoms with van der Waals surface area (Å²) in [5, 5.41) is 2.72. The molecular formula is C19H19F3N2O2. The van der Waals surface area contributed by atoms with Gasteiger partial charge in [-0.3, -0.25) is 9.59 Å². The summed E-state index contributed by atoms with van der Waals surface area (Å²) in [5.41, 5.74) is 1.40. The Hall–Kier alpha value is -2.83. The molecule has 0 saturated heterocycles. The Morgan fingerprint density at radius 2 is 1.65 bits per heavy atom. The first kappa shape index (κ1) is 19.5. The standard InChI is InChI=1S/C19H19F3N2O2/c1-13-5-3-4-6-15(13)11-23-18(26)12-24(14(2)25)17-9-7-16(8-10-17)19(20,21)22/h3-10H,11-12H2,1-2H3,(H,23,26). The quantitative estimate of drug-likeness (QED) is 0.880. The predicted octanol–water partition coefficient (Wildman–Crippen LogP) is 3.68. The minimum Gasteiger partial charge on any atom is -0.350 e. The van der Waals surface area contributed by atoms with Crippen LogP contribution in [0.3, 0.4) is 0 Å². The summed E-state index contributed by atoms with van der Waals surface area (Å²) < 4.78 is 37.9. The summed E-state index contributed by atoms with van der Waals surface area (Å²) in [7, 11) is 0. The Bertz CT molecular complexity index is 786. The number of anilines is 1. The third-order valence-electron chi connectivity index (χ3n) is 3.93. The van der Waals surface area contributed by atoms with Crippen molar-refractivity contribution in [3.63, 3.8) is 0 Å². The van der Waals surface area contributed by atoms with Crippen molar-refractivity contribution >= 4 is 17.5 Å². The molecule has 0 atom stereocenters. The molecule has 2 rings (SSSR count). The monoisotopic (exact) mass is 364 g/mol. The fourth-order valence-electron chi connectivity index (χ4n) is 2.42. The highest BCUT2D eigenvalue weighted by atomic mass is 19.4. The summed E-state index contributed by atoms with van der Waals surface area (Å²) >= 11 is 0. The molecule has 2 aromatic rings. The maximum absolute atomic E-state index is 12.6. The Labute approximate surface area is 149 Å². The van der Waals surface area contributed by atoms with Gasteiger partial charge in [-0.25, -0.2) is 0 Å². The molecule has 0 radical (unpaired) electrons. The summed E-state index contributed by atoms with van der Waals surface area (Å²) in [4.78, 5) is 25.1. The molecule has 0 spiro atoms. The molecule has 138 valence electrons. The lowest BCUT2D eigenvalue weighted by Crippen LogP contribution is -2.39. The number of carbonyl (C=O) groups is 2. The highest BCUT2D eigenvalue weighted by molar-refractivity contribution is 5.97. The fourth-order valence-corrected chi connectivity index (χ4v) is 2.42. The fraction of sp³-hybridized carbons (Fsp3) is 0.263. The second kappa shape index (κ2) is 8.03. The summed E-state index contributed by atoms with van der Waals surface area (Å²) in [5.74, 6) is -0.834. The van der Waals surface area contributed by atoms with Gasteiger partial charge < -0.3 is 10.2 Å². The summed E-state index contributed by atoms with van der Waals surface area (Å²) in [6, 6.07) is 11.7. The van der Waals surface area contributed by atoms with Gasteiger partial charge in [0, 0.05) is 19.2 Å². The van der Waals surface area contributed by atoms with Crippen LogP contribution in [0.4, 0.5) is 18.9 Å². The van der Waals surface area contributed by atoms with Gasteiger partial charge in [-0.05, 0) is 42.3 Å². The number of aryl methyl sites for hydroxylation is 1. The molecule has 0 bridgehead atoms. The second-order valence-corrected chi connectivity index (χ2v) is 5.85. The van der Waals surface area contributed by atoms with Gasteiger partial charge in [-0.15, -0.1) is 0 Å². The van der Waals surface area contributed by atoms with Crippen LogP contribution in [0, 0.1) is 6.92 Å². The van der Waals surface area contributed by atoms with Gasteiger partial charge >= 0.3 is 6.18 Å². The molecule has 0 heterocycles. The van der Waals surface area contributed by atoms with Gasteiger partial charge in [0.05, 0.1) is 5.56 Å². The Morgan fingerprint density at radius 1 is 1.04 bits per heavy atom. The number of rotatable bonds is 5. The number of amides is 2. The van der Waals surface area contributed by atoms with Crippen LogP contribution in [-0.2, 0) is 22.3 Å². The molecule has 7 heteroatoms. The van der Waals surface area contributed by atoms with Crippen molar-refractivity contribution in [1.82, 2.24) is 5.32 Å². The van der Waals surface area contributed by atoms with E-state index in [-0.39, 0.29) is 12.2 Å². The van der Waals surface area contributed by atoms with Crippen molar-refractivity contribution < 1.29 is 22.8 Å². The molecule has 26 heavy (non-hydrogen) atoms. The average molecular weight is 364 g/mol. The zero-order valence-electron chi connectivity index (χ0n) is 14.4. The van der Waals surface area contributed by atoms with Crippen LogP contribution in [0.25, 0.3) is 0 Å². The highest BCUT2D eigenvalue weighted by Crippen LogP contribution is 2.30. The number of alkyl halides is 3. The Balaban J connectivity index is 2.04. The molecule has 0 aliphatic rings. The van der Waals surface area contributed by atoms with E-state index in [1.165, 1.54) is 19.1 Å². The molecule has 1 N–H and O–H groups in total. The number of carbonyl (C=O) groups excluding carboxylic acids is 2. The van der Waals surface area contributed by atoms with Gasteiger partial charge in [0.25, 0.3) is 0 Å². The van der Waals surface area contributed by atoms with E-state index in [0.717, 1.165) is 28.2 Å². The molecule has 0 saturated carbocycles. The van der Waals surface area contributed by atoms with Crippen LogP contribution in [0.5, 0.6) is 0 Å². The van der Waals surface area contributed by atoms with Crippen LogP contribution >= 0.6 is 0 Å². The van der Waals surface area contributed by atoms with Crippen LogP contribution < -0.4 is 10.2 Å². The maximum Gasteiger partial charge on any atom is 0.416 e. The number of halogens is 3. The van der Waals surface area contributed by atoms with E-state index >= 15 is 0 Å². The summed E-state index contributed by atoms with van der Waals surface area (Å²) in [6.45, 7) is 3.22. The van der Waals surface area contributed by atoms with Crippen molar-refractivity contribution in [3.8, 4) is 0 Å². The number of hydrogen-bond acceptors (Lipinski definition) is 2. The Morgan fingerprint density at radius 3 is 2.19 bits per heavy atom. The molecule has 2 amide bonds. The van der Waals surface area contributed by atoms with E-state index in [2.05, 4.69) is 5.32 Å². The SMILES string of the molecule is CC(=O)N(CC(=O)NCc1ccccc1C)c1ccc(C(F)(F)F)cc1. The number of hydrogen-bond donors (Lipinski definition) is 1. The molecular weight excluding hydrogens is 345 g/mol. The van der Waals surface area contributed by atoms with Crippen LogP contribution in [0.2, 0.25) is 0 Å². The number of nitrogens with one attached hydrogen (secondary N) is 1. The van der Waals surface area contributed by atoms with Gasteiger partial charge in [-0.1, -0.05) is 24.3 Å². The zero-order chi connectivity index (χ0) is 19.3. The first-order chi connectivity index (χ1) is 12.2. The van der Waals surface area contributed by atoms with E-state index in [0.29, 0.717) is 6.54 Å². The van der Waals surface area contributed by atoms with Gasteiger partial charge in [-0.2, -0.15) is 13.2 Å². The van der Waals surface area contributed by atoms with Gasteiger partial charge in [0.2, 0.25) is 11.8 Å². The van der Waals surface area contributed by atoms with Gasteiger partial charge in [0.1, 0.15) is 6.54 Å². The third kappa shape index (κ3) is 5.08. The zero-order valence-corrected chi connectivity index (χ0v) is 14.4. The minimum atomic E-state index is -4.45. The highest BCUT2D eigenvalue weighted by Gasteiger charge is 2.30. The van der Waals surface area contributed by atoms with Crippen molar-refractivity contribution in [3.05, 3.63) is 65.2 Å². The van der Waals surface area contributed by atoms with Crippen LogP contribution in [0.1, 0.15) is 23.6 Å². The lowest BCUT2D eigenvalue weighted by Gasteiger charge is -2.21. The smallest absolute Gasteiger partial charge is 0.350 e. The third-order valence-corrected chi connectivity index (χ3v) is 3.93. The van der Waals surface area contributed by atoms with Crippen LogP contribution in [-0.4, -0.2) is 18.4 Å². The molecule has 0 aromatic heterocycles. The lowest BCUT2D eigenvalue weighted by atomic mass is 10.1. The molecule has 0 aliphatic heterocycles. The minimum absolute atomic E-state index is 0.233. The molecule has 4 nitrogen and oxygen atoms in total.